The van der Waals surface area contributed by atoms with Gasteiger partial charge in [0.2, 0.25) is 0 Å². The molecule has 0 bridgehead atoms. The van der Waals surface area contributed by atoms with Crippen LogP contribution in [-0.4, -0.2) is 30.1 Å². The molecule has 2 atom stereocenters. The number of fused-ring (bicyclic) bond motifs is 1. The predicted molar refractivity (Wildman–Crippen MR) is 79.1 cm³/mol. The molecule has 2 heterocycles. The van der Waals surface area contributed by atoms with E-state index in [-0.39, 0.29) is 16.1 Å². The highest BCUT2D eigenvalue weighted by molar-refractivity contribution is 5.69. The predicted octanol–water partition coefficient (Wildman–Crippen LogP) is 2.34. The van der Waals surface area contributed by atoms with Crippen molar-refractivity contribution in [3.63, 3.8) is 0 Å². The second kappa shape index (κ2) is 4.45. The van der Waals surface area contributed by atoms with Crippen LogP contribution in [0.1, 0.15) is 19.4 Å². The average Bonchev–Trinajstić information content (AvgIpc) is 2.92. The summed E-state index contributed by atoms with van der Waals surface area (Å²) < 4.78 is 0. The highest BCUT2D eigenvalue weighted by atomic mass is 16.6. The number of anilines is 1. The Hall–Kier alpha value is -1.62. The summed E-state index contributed by atoms with van der Waals surface area (Å²) in [6.45, 7) is 9.31. The topological polar surface area (TPSA) is 58.4 Å². The molecule has 1 aromatic rings. The first kappa shape index (κ1) is 13.4. The Morgan fingerprint density at radius 1 is 1.40 bits per heavy atom. The summed E-state index contributed by atoms with van der Waals surface area (Å²) in [4.78, 5) is 13.4. The van der Waals surface area contributed by atoms with Gasteiger partial charge in [0.1, 0.15) is 5.69 Å². The van der Waals surface area contributed by atoms with Crippen molar-refractivity contribution < 1.29 is 4.92 Å². The number of aryl methyl sites for hydroxylation is 1. The maximum atomic E-state index is 11.4. The smallest absolute Gasteiger partial charge is 0.292 e. The number of benzene rings is 1. The van der Waals surface area contributed by atoms with Crippen LogP contribution in [0.2, 0.25) is 0 Å². The van der Waals surface area contributed by atoms with E-state index in [2.05, 4.69) is 24.1 Å². The van der Waals surface area contributed by atoms with E-state index >= 15 is 0 Å². The third-order valence-corrected chi connectivity index (χ3v) is 5.04. The molecule has 2 aliphatic rings. The van der Waals surface area contributed by atoms with E-state index in [4.69, 9.17) is 0 Å². The molecule has 5 heteroatoms. The number of para-hydroxylation sites is 1. The van der Waals surface area contributed by atoms with E-state index in [1.165, 1.54) is 0 Å². The Morgan fingerprint density at radius 3 is 2.80 bits per heavy atom. The van der Waals surface area contributed by atoms with Gasteiger partial charge >= 0.3 is 0 Å². The first-order chi connectivity index (χ1) is 9.43. The normalized spacial score (nSPS) is 27.6. The van der Waals surface area contributed by atoms with Gasteiger partial charge < -0.3 is 10.2 Å². The number of nitro benzene ring substituents is 1. The summed E-state index contributed by atoms with van der Waals surface area (Å²) in [5.74, 6) is 1.14. The molecule has 0 amide bonds. The van der Waals surface area contributed by atoms with Gasteiger partial charge in [-0.05, 0) is 38.2 Å². The number of rotatable bonds is 2. The molecule has 0 spiro atoms. The number of nitrogens with one attached hydrogen (secondary N) is 1. The van der Waals surface area contributed by atoms with Gasteiger partial charge in [0.25, 0.3) is 5.69 Å². The average molecular weight is 275 g/mol. The Labute approximate surface area is 119 Å². The lowest BCUT2D eigenvalue weighted by molar-refractivity contribution is -0.384. The quantitative estimate of drug-likeness (QED) is 0.665. The minimum absolute atomic E-state index is 0.0506. The Morgan fingerprint density at radius 2 is 2.15 bits per heavy atom. The van der Waals surface area contributed by atoms with E-state index in [1.807, 2.05) is 13.0 Å². The summed E-state index contributed by atoms with van der Waals surface area (Å²) in [6, 6.07) is 5.35. The zero-order valence-corrected chi connectivity index (χ0v) is 12.2. The molecule has 0 saturated carbocycles. The van der Waals surface area contributed by atoms with Crippen LogP contribution >= 0.6 is 0 Å². The van der Waals surface area contributed by atoms with Gasteiger partial charge in [0, 0.05) is 31.2 Å². The fourth-order valence-corrected chi connectivity index (χ4v) is 3.94. The molecule has 0 radical (unpaired) electrons. The standard InChI is InChI=1S/C15H21N3O2/c1-10-5-4-6-13(18(19)20)14(10)17-9-11-7-16-8-12(11)15(17,2)3/h4-6,11-12,16H,7-9H2,1-3H3. The summed E-state index contributed by atoms with van der Waals surface area (Å²) in [6.07, 6.45) is 0. The van der Waals surface area contributed by atoms with Gasteiger partial charge in [-0.15, -0.1) is 0 Å². The van der Waals surface area contributed by atoms with E-state index in [0.29, 0.717) is 11.8 Å². The lowest BCUT2D eigenvalue weighted by Crippen LogP contribution is -2.45. The zero-order chi connectivity index (χ0) is 14.5. The molecule has 2 fully saturated rings. The highest BCUT2D eigenvalue weighted by Crippen LogP contribution is 2.46. The second-order valence-electron chi connectivity index (χ2n) is 6.49. The van der Waals surface area contributed by atoms with E-state index in [0.717, 1.165) is 30.9 Å². The summed E-state index contributed by atoms with van der Waals surface area (Å²) in [5, 5.41) is 14.8. The minimum atomic E-state index is -0.259. The van der Waals surface area contributed by atoms with Crippen molar-refractivity contribution in [3.8, 4) is 0 Å². The van der Waals surface area contributed by atoms with Gasteiger partial charge in [-0.2, -0.15) is 0 Å². The van der Waals surface area contributed by atoms with Crippen LogP contribution in [0.3, 0.4) is 0 Å². The Balaban J connectivity index is 2.08. The minimum Gasteiger partial charge on any atom is -0.360 e. The molecule has 0 aromatic heterocycles. The molecule has 1 N–H and O–H groups in total. The van der Waals surface area contributed by atoms with E-state index in [9.17, 15) is 10.1 Å². The van der Waals surface area contributed by atoms with E-state index in [1.54, 1.807) is 12.1 Å². The first-order valence-corrected chi connectivity index (χ1v) is 7.15. The number of hydrogen-bond acceptors (Lipinski definition) is 4. The van der Waals surface area contributed by atoms with Crippen LogP contribution in [0.25, 0.3) is 0 Å². The largest absolute Gasteiger partial charge is 0.360 e. The molecule has 108 valence electrons. The number of hydrogen-bond donors (Lipinski definition) is 1. The van der Waals surface area contributed by atoms with Gasteiger partial charge in [-0.25, -0.2) is 0 Å². The molecule has 20 heavy (non-hydrogen) atoms. The molecular weight excluding hydrogens is 254 g/mol. The molecule has 1 aromatic carbocycles. The van der Waals surface area contributed by atoms with Crippen LogP contribution < -0.4 is 10.2 Å². The molecule has 0 aliphatic carbocycles. The fourth-order valence-electron chi connectivity index (χ4n) is 3.94. The highest BCUT2D eigenvalue weighted by Gasteiger charge is 2.51. The molecular formula is C15H21N3O2. The molecule has 3 rings (SSSR count). The summed E-state index contributed by atoms with van der Waals surface area (Å²) >= 11 is 0. The summed E-state index contributed by atoms with van der Waals surface area (Å²) in [5.41, 5.74) is 1.97. The van der Waals surface area contributed by atoms with Gasteiger partial charge in [-0.3, -0.25) is 10.1 Å². The summed E-state index contributed by atoms with van der Waals surface area (Å²) in [7, 11) is 0. The van der Waals surface area contributed by atoms with Crippen molar-refractivity contribution in [1.29, 1.82) is 0 Å². The Kier molecular flexibility index (Phi) is 2.97. The van der Waals surface area contributed by atoms with E-state index < -0.39 is 0 Å². The molecule has 2 unspecified atom stereocenters. The van der Waals surface area contributed by atoms with Gasteiger partial charge in [-0.1, -0.05) is 12.1 Å². The van der Waals surface area contributed by atoms with Crippen molar-refractivity contribution in [2.75, 3.05) is 24.5 Å². The van der Waals surface area contributed by atoms with Crippen LogP contribution in [-0.2, 0) is 0 Å². The molecule has 2 aliphatic heterocycles. The third-order valence-electron chi connectivity index (χ3n) is 5.04. The van der Waals surface area contributed by atoms with Crippen LogP contribution in [0.15, 0.2) is 18.2 Å². The lowest BCUT2D eigenvalue weighted by Gasteiger charge is -2.37. The van der Waals surface area contributed by atoms with Crippen LogP contribution in [0.4, 0.5) is 11.4 Å². The lowest BCUT2D eigenvalue weighted by atomic mass is 9.84. The monoisotopic (exact) mass is 275 g/mol. The number of nitro groups is 1. The zero-order valence-electron chi connectivity index (χ0n) is 12.2. The van der Waals surface area contributed by atoms with Crippen LogP contribution in [0.5, 0.6) is 0 Å². The van der Waals surface area contributed by atoms with Crippen molar-refractivity contribution in [2.45, 2.75) is 26.3 Å². The van der Waals surface area contributed by atoms with Crippen LogP contribution in [0, 0.1) is 28.9 Å². The number of nitrogens with zero attached hydrogens (tertiary/aromatic N) is 2. The fraction of sp³-hybridized carbons (Fsp3) is 0.600. The van der Waals surface area contributed by atoms with Crippen molar-refractivity contribution in [2.24, 2.45) is 11.8 Å². The van der Waals surface area contributed by atoms with Crippen molar-refractivity contribution >= 4 is 11.4 Å². The maximum Gasteiger partial charge on any atom is 0.292 e. The van der Waals surface area contributed by atoms with Crippen molar-refractivity contribution in [3.05, 3.63) is 33.9 Å². The maximum absolute atomic E-state index is 11.4. The molecule has 5 nitrogen and oxygen atoms in total. The molecule has 2 saturated heterocycles. The van der Waals surface area contributed by atoms with Gasteiger partial charge in [0.15, 0.2) is 0 Å². The van der Waals surface area contributed by atoms with Crippen molar-refractivity contribution in [1.82, 2.24) is 5.32 Å². The first-order valence-electron chi connectivity index (χ1n) is 7.15. The SMILES string of the molecule is Cc1cccc([N+](=O)[O-])c1N1CC2CNCC2C1(C)C. The second-order valence-corrected chi connectivity index (χ2v) is 6.49. The van der Waals surface area contributed by atoms with Gasteiger partial charge in [0.05, 0.1) is 4.92 Å². The Bertz CT molecular complexity index is 556. The third kappa shape index (κ3) is 1.80.